The molecule has 0 fully saturated rings. The third kappa shape index (κ3) is 38.7. The Morgan fingerprint density at radius 2 is 0.648 bits per heavy atom. The van der Waals surface area contributed by atoms with Gasteiger partial charge >= 0.3 is 17.9 Å². The van der Waals surface area contributed by atoms with Crippen molar-refractivity contribution >= 4 is 17.9 Å². The molecule has 6 heteroatoms. The van der Waals surface area contributed by atoms with Gasteiger partial charge in [0.05, 0.1) is 0 Å². The van der Waals surface area contributed by atoms with Crippen molar-refractivity contribution in [3.63, 3.8) is 0 Å². The van der Waals surface area contributed by atoms with Crippen LogP contribution in [0.15, 0.2) is 0 Å². The predicted octanol–water partition coefficient (Wildman–Crippen LogP) is 14.8. The van der Waals surface area contributed by atoms with Crippen molar-refractivity contribution in [3.05, 3.63) is 0 Å². The van der Waals surface area contributed by atoms with Crippen LogP contribution in [0.25, 0.3) is 0 Å². The molecule has 54 heavy (non-hydrogen) atoms. The molecule has 0 aromatic rings. The molecule has 0 aliphatic carbocycles. The van der Waals surface area contributed by atoms with Crippen LogP contribution < -0.4 is 0 Å². The molecule has 0 bridgehead atoms. The molecular weight excluding hydrogens is 673 g/mol. The molecule has 3 atom stereocenters. The molecule has 2 unspecified atom stereocenters. The van der Waals surface area contributed by atoms with Gasteiger partial charge in [0.15, 0.2) is 6.10 Å². The molecule has 0 N–H and O–H groups in total. The summed E-state index contributed by atoms with van der Waals surface area (Å²) < 4.78 is 16.7. The predicted molar refractivity (Wildman–Crippen MR) is 229 cm³/mol. The van der Waals surface area contributed by atoms with Gasteiger partial charge < -0.3 is 14.2 Å². The van der Waals surface area contributed by atoms with E-state index in [0.29, 0.717) is 19.3 Å². The fourth-order valence-corrected chi connectivity index (χ4v) is 6.99. The smallest absolute Gasteiger partial charge is 0.306 e. The van der Waals surface area contributed by atoms with Gasteiger partial charge in [-0.05, 0) is 37.0 Å². The Labute approximate surface area is 336 Å². The van der Waals surface area contributed by atoms with Gasteiger partial charge in [-0.3, -0.25) is 14.4 Å². The summed E-state index contributed by atoms with van der Waals surface area (Å²) >= 11 is 0. The number of hydrogen-bond acceptors (Lipinski definition) is 6. The monoisotopic (exact) mass is 765 g/mol. The quantitative estimate of drug-likeness (QED) is 0.0350. The topological polar surface area (TPSA) is 78.9 Å². The lowest BCUT2D eigenvalue weighted by Gasteiger charge is -2.18. The highest BCUT2D eigenvalue weighted by atomic mass is 16.6. The summed E-state index contributed by atoms with van der Waals surface area (Å²) in [4.78, 5) is 37.8. The fraction of sp³-hybridized carbons (Fsp3) is 0.938. The average Bonchev–Trinajstić information content (AvgIpc) is 3.15. The molecule has 0 rings (SSSR count). The van der Waals surface area contributed by atoms with Crippen LogP contribution in [0.4, 0.5) is 0 Å². The van der Waals surface area contributed by atoms with Gasteiger partial charge in [-0.2, -0.15) is 0 Å². The lowest BCUT2D eigenvalue weighted by atomic mass is 9.99. The molecule has 0 heterocycles. The van der Waals surface area contributed by atoms with Crippen LogP contribution >= 0.6 is 0 Å². The van der Waals surface area contributed by atoms with E-state index in [0.717, 1.165) is 75.5 Å². The number of ether oxygens (including phenoxy) is 3. The Kier molecular flexibility index (Phi) is 38.5. The Morgan fingerprint density at radius 3 is 0.963 bits per heavy atom. The zero-order valence-corrected chi connectivity index (χ0v) is 37.0. The summed E-state index contributed by atoms with van der Waals surface area (Å²) in [5, 5.41) is 0. The van der Waals surface area contributed by atoms with Crippen LogP contribution in [0.1, 0.15) is 253 Å². The van der Waals surface area contributed by atoms with Gasteiger partial charge in [0, 0.05) is 19.3 Å². The van der Waals surface area contributed by atoms with E-state index in [1.807, 2.05) is 0 Å². The second-order valence-corrected chi connectivity index (χ2v) is 17.4. The van der Waals surface area contributed by atoms with Crippen molar-refractivity contribution in [2.75, 3.05) is 13.2 Å². The first-order chi connectivity index (χ1) is 26.2. The number of hydrogen-bond donors (Lipinski definition) is 0. The third-order valence-corrected chi connectivity index (χ3v) is 11.4. The fourth-order valence-electron chi connectivity index (χ4n) is 6.99. The van der Waals surface area contributed by atoms with E-state index in [2.05, 4.69) is 41.5 Å². The van der Waals surface area contributed by atoms with Gasteiger partial charge in [-0.1, -0.05) is 215 Å². The molecule has 0 saturated heterocycles. The summed E-state index contributed by atoms with van der Waals surface area (Å²) in [6.45, 7) is 13.7. The van der Waals surface area contributed by atoms with Gasteiger partial charge in [0.1, 0.15) is 13.2 Å². The van der Waals surface area contributed by atoms with Crippen LogP contribution in [-0.2, 0) is 28.6 Å². The molecule has 0 amide bonds. The first-order valence-electron chi connectivity index (χ1n) is 23.7. The largest absolute Gasteiger partial charge is 0.462 e. The Balaban J connectivity index is 4.35. The van der Waals surface area contributed by atoms with Crippen molar-refractivity contribution < 1.29 is 28.6 Å². The summed E-state index contributed by atoms with van der Waals surface area (Å²) in [7, 11) is 0. The van der Waals surface area contributed by atoms with Gasteiger partial charge in [-0.15, -0.1) is 0 Å². The third-order valence-electron chi connectivity index (χ3n) is 11.4. The van der Waals surface area contributed by atoms with Crippen molar-refractivity contribution in [2.45, 2.75) is 260 Å². The zero-order valence-electron chi connectivity index (χ0n) is 37.0. The van der Waals surface area contributed by atoms with E-state index in [4.69, 9.17) is 14.2 Å². The van der Waals surface area contributed by atoms with E-state index in [1.165, 1.54) is 135 Å². The second-order valence-electron chi connectivity index (χ2n) is 17.4. The Bertz CT molecular complexity index is 841. The molecule has 0 aliphatic heterocycles. The Hall–Kier alpha value is -1.59. The highest BCUT2D eigenvalue weighted by Gasteiger charge is 2.19. The van der Waals surface area contributed by atoms with Crippen LogP contribution in [0.5, 0.6) is 0 Å². The minimum absolute atomic E-state index is 0.0665. The molecule has 0 radical (unpaired) electrons. The molecule has 0 aromatic carbocycles. The maximum Gasteiger partial charge on any atom is 0.306 e. The molecule has 320 valence electrons. The van der Waals surface area contributed by atoms with Crippen molar-refractivity contribution in [1.29, 1.82) is 0 Å². The van der Waals surface area contributed by atoms with Crippen molar-refractivity contribution in [1.82, 2.24) is 0 Å². The first-order valence-corrected chi connectivity index (χ1v) is 23.7. The van der Waals surface area contributed by atoms with Crippen molar-refractivity contribution in [3.8, 4) is 0 Å². The van der Waals surface area contributed by atoms with Crippen LogP contribution in [0.2, 0.25) is 0 Å². The molecular formula is C48H92O6. The lowest BCUT2D eigenvalue weighted by molar-refractivity contribution is -0.167. The van der Waals surface area contributed by atoms with Crippen LogP contribution in [-0.4, -0.2) is 37.2 Å². The van der Waals surface area contributed by atoms with Crippen molar-refractivity contribution in [2.24, 2.45) is 17.8 Å². The zero-order chi connectivity index (χ0) is 39.9. The second kappa shape index (κ2) is 39.6. The average molecular weight is 765 g/mol. The maximum atomic E-state index is 12.7. The number of esters is 3. The Morgan fingerprint density at radius 1 is 0.370 bits per heavy atom. The van der Waals surface area contributed by atoms with E-state index < -0.39 is 6.10 Å². The maximum absolute atomic E-state index is 12.7. The summed E-state index contributed by atoms with van der Waals surface area (Å²) in [6.07, 6.45) is 36.6. The van der Waals surface area contributed by atoms with E-state index in [1.54, 1.807) is 0 Å². The molecule has 0 saturated carbocycles. The van der Waals surface area contributed by atoms with E-state index in [9.17, 15) is 14.4 Å². The molecule has 0 aliphatic rings. The SMILES string of the molecule is CCC(C)CCCCCCCCCCC(=O)O[C@@H](COC(=O)CCCCCCCCCCCCCC(C)C)COC(=O)CCCCCCCCC(C)CC. The van der Waals surface area contributed by atoms with Gasteiger partial charge in [-0.25, -0.2) is 0 Å². The number of rotatable bonds is 41. The number of carbonyl (C=O) groups is 3. The minimum atomic E-state index is -0.762. The number of carbonyl (C=O) groups excluding carboxylic acids is 3. The summed E-state index contributed by atoms with van der Waals surface area (Å²) in [6, 6.07) is 0. The highest BCUT2D eigenvalue weighted by Crippen LogP contribution is 2.18. The first kappa shape index (κ1) is 52.4. The van der Waals surface area contributed by atoms with Crippen LogP contribution in [0, 0.1) is 17.8 Å². The van der Waals surface area contributed by atoms with E-state index in [-0.39, 0.29) is 31.1 Å². The highest BCUT2D eigenvalue weighted by molar-refractivity contribution is 5.71. The summed E-state index contributed by atoms with van der Waals surface area (Å²) in [5.74, 6) is 1.62. The molecule has 6 nitrogen and oxygen atoms in total. The number of unbranched alkanes of at least 4 members (excludes halogenated alkanes) is 22. The minimum Gasteiger partial charge on any atom is -0.462 e. The van der Waals surface area contributed by atoms with Gasteiger partial charge in [0.25, 0.3) is 0 Å². The molecule has 0 spiro atoms. The van der Waals surface area contributed by atoms with E-state index >= 15 is 0 Å². The normalized spacial score (nSPS) is 13.2. The summed E-state index contributed by atoms with van der Waals surface area (Å²) in [5.41, 5.74) is 0. The lowest BCUT2D eigenvalue weighted by Crippen LogP contribution is -2.30. The van der Waals surface area contributed by atoms with Crippen LogP contribution in [0.3, 0.4) is 0 Å². The standard InChI is InChI=1S/C48H92O6/c1-7-43(5)35-29-23-17-14-15-19-27-33-39-48(51)54-45(41-53-47(50)38-32-26-21-20-24-30-36-44(6)8-2)40-52-46(49)37-31-25-18-13-11-9-10-12-16-22-28-34-42(3)4/h42-45H,7-41H2,1-6H3/t43?,44?,45-/m0/s1. The van der Waals surface area contributed by atoms with Gasteiger partial charge in [0.2, 0.25) is 0 Å². The molecule has 0 aromatic heterocycles.